The van der Waals surface area contributed by atoms with Crippen LogP contribution in [0.3, 0.4) is 0 Å². The van der Waals surface area contributed by atoms with Crippen molar-refractivity contribution in [3.8, 4) is 0 Å². The van der Waals surface area contributed by atoms with Gasteiger partial charge in [0.25, 0.3) is 0 Å². The van der Waals surface area contributed by atoms with Crippen molar-refractivity contribution in [2.24, 2.45) is 0 Å². The van der Waals surface area contributed by atoms with E-state index >= 15 is 0 Å². The number of alkyl halides is 3. The molecule has 0 aliphatic rings. The summed E-state index contributed by atoms with van der Waals surface area (Å²) in [5.74, 6) is 0.490. The fourth-order valence-corrected chi connectivity index (χ4v) is 0.959. The van der Waals surface area contributed by atoms with E-state index in [0.29, 0.717) is 25.4 Å². The van der Waals surface area contributed by atoms with Crippen LogP contribution in [0.15, 0.2) is 10.9 Å². The molecule has 0 saturated carbocycles. The van der Waals surface area contributed by atoms with E-state index in [0.717, 1.165) is 0 Å². The van der Waals surface area contributed by atoms with E-state index in [2.05, 4.69) is 20.2 Å². The third-order valence-corrected chi connectivity index (χ3v) is 1.61. The fourth-order valence-electron chi connectivity index (χ4n) is 0.959. The Hall–Kier alpha value is -1.15. The van der Waals surface area contributed by atoms with Crippen LogP contribution in [-0.4, -0.2) is 42.6 Å². The van der Waals surface area contributed by atoms with Crippen LogP contribution in [0.25, 0.3) is 0 Å². The van der Waals surface area contributed by atoms with Gasteiger partial charge in [-0.2, -0.15) is 18.2 Å². The minimum Gasteiger partial charge on any atom is -0.371 e. The highest BCUT2D eigenvalue weighted by molar-refractivity contribution is 4.74. The Labute approximate surface area is 90.0 Å². The van der Waals surface area contributed by atoms with Gasteiger partial charge < -0.3 is 14.6 Å². The molecule has 0 radical (unpaired) electrons. The van der Waals surface area contributed by atoms with E-state index in [4.69, 9.17) is 4.52 Å². The molecule has 1 aromatic rings. The van der Waals surface area contributed by atoms with E-state index in [1.807, 2.05) is 0 Å². The zero-order valence-corrected chi connectivity index (χ0v) is 8.46. The first-order chi connectivity index (χ1) is 7.58. The minimum absolute atomic E-state index is 0.0172. The Morgan fingerprint density at radius 3 is 2.81 bits per heavy atom. The molecular formula is C8H12F3N3O2. The minimum atomic E-state index is -4.26. The van der Waals surface area contributed by atoms with Gasteiger partial charge in [-0.1, -0.05) is 5.16 Å². The summed E-state index contributed by atoms with van der Waals surface area (Å²) in [6.07, 6.45) is -2.43. The summed E-state index contributed by atoms with van der Waals surface area (Å²) in [7, 11) is 0. The second kappa shape index (κ2) is 6.44. The van der Waals surface area contributed by atoms with Crippen molar-refractivity contribution in [2.75, 3.05) is 26.3 Å². The SMILES string of the molecule is FC(F)(F)COCCNCCc1ncno1. The second-order valence-corrected chi connectivity index (χ2v) is 3.00. The fraction of sp³-hybridized carbons (Fsp3) is 0.750. The van der Waals surface area contributed by atoms with Gasteiger partial charge in [0.1, 0.15) is 6.61 Å². The summed E-state index contributed by atoms with van der Waals surface area (Å²) in [6.45, 7) is -0.288. The molecule has 0 unspecified atom stereocenters. The lowest BCUT2D eigenvalue weighted by Gasteiger charge is -2.07. The maximum absolute atomic E-state index is 11.6. The number of aromatic nitrogens is 2. The van der Waals surface area contributed by atoms with Crippen LogP contribution in [0.5, 0.6) is 0 Å². The Kier molecular flexibility index (Phi) is 5.20. The number of rotatable bonds is 7. The van der Waals surface area contributed by atoms with Gasteiger partial charge in [-0.3, -0.25) is 0 Å². The van der Waals surface area contributed by atoms with E-state index in [-0.39, 0.29) is 6.61 Å². The van der Waals surface area contributed by atoms with Gasteiger partial charge in [0.2, 0.25) is 5.89 Å². The predicted octanol–water partition coefficient (Wildman–Crippen LogP) is 0.781. The normalized spacial score (nSPS) is 11.9. The standard InChI is InChI=1S/C8H12F3N3O2/c9-8(10,11)5-15-4-3-12-2-1-7-13-6-14-16-7/h6,12H,1-5H2. The van der Waals surface area contributed by atoms with Gasteiger partial charge in [-0.05, 0) is 0 Å². The third kappa shape index (κ3) is 6.36. The molecule has 16 heavy (non-hydrogen) atoms. The van der Waals surface area contributed by atoms with Crippen molar-refractivity contribution < 1.29 is 22.4 Å². The van der Waals surface area contributed by atoms with Crippen molar-refractivity contribution in [1.82, 2.24) is 15.5 Å². The van der Waals surface area contributed by atoms with Crippen LogP contribution in [0.1, 0.15) is 5.89 Å². The van der Waals surface area contributed by atoms with E-state index in [1.165, 1.54) is 6.33 Å². The summed E-state index contributed by atoms with van der Waals surface area (Å²) in [5.41, 5.74) is 0. The lowest BCUT2D eigenvalue weighted by atomic mass is 10.4. The topological polar surface area (TPSA) is 60.2 Å². The molecule has 0 fully saturated rings. The molecule has 0 aliphatic heterocycles. The Bertz CT molecular complexity index is 277. The molecule has 5 nitrogen and oxygen atoms in total. The van der Waals surface area contributed by atoms with Crippen LogP contribution in [0.4, 0.5) is 13.2 Å². The van der Waals surface area contributed by atoms with Gasteiger partial charge in [-0.25, -0.2) is 0 Å². The Balaban J connectivity index is 1.89. The average Bonchev–Trinajstić information content (AvgIpc) is 2.67. The quantitative estimate of drug-likeness (QED) is 0.712. The summed E-state index contributed by atoms with van der Waals surface area (Å²) in [4.78, 5) is 3.78. The van der Waals surface area contributed by atoms with Crippen molar-refractivity contribution in [3.63, 3.8) is 0 Å². The molecule has 0 saturated heterocycles. The molecule has 0 aromatic carbocycles. The average molecular weight is 239 g/mol. The van der Waals surface area contributed by atoms with Crippen LogP contribution >= 0.6 is 0 Å². The molecular weight excluding hydrogens is 227 g/mol. The lowest BCUT2D eigenvalue weighted by Crippen LogP contribution is -2.25. The number of hydrogen-bond acceptors (Lipinski definition) is 5. The lowest BCUT2D eigenvalue weighted by molar-refractivity contribution is -0.173. The molecule has 0 amide bonds. The zero-order chi connectivity index (χ0) is 11.9. The Morgan fingerprint density at radius 2 is 2.19 bits per heavy atom. The molecule has 1 aromatic heterocycles. The number of halogens is 3. The van der Waals surface area contributed by atoms with Crippen molar-refractivity contribution >= 4 is 0 Å². The van der Waals surface area contributed by atoms with E-state index < -0.39 is 12.8 Å². The van der Waals surface area contributed by atoms with Crippen LogP contribution < -0.4 is 5.32 Å². The van der Waals surface area contributed by atoms with Crippen LogP contribution in [0.2, 0.25) is 0 Å². The monoisotopic (exact) mass is 239 g/mol. The zero-order valence-electron chi connectivity index (χ0n) is 8.46. The van der Waals surface area contributed by atoms with Crippen molar-refractivity contribution in [1.29, 1.82) is 0 Å². The summed E-state index contributed by atoms with van der Waals surface area (Å²) in [5, 5.41) is 6.30. The van der Waals surface area contributed by atoms with Crippen molar-refractivity contribution in [3.05, 3.63) is 12.2 Å². The van der Waals surface area contributed by atoms with E-state index in [9.17, 15) is 13.2 Å². The highest BCUT2D eigenvalue weighted by Gasteiger charge is 2.27. The van der Waals surface area contributed by atoms with E-state index in [1.54, 1.807) is 0 Å². The molecule has 0 aliphatic carbocycles. The van der Waals surface area contributed by atoms with Gasteiger partial charge in [-0.15, -0.1) is 0 Å². The maximum Gasteiger partial charge on any atom is 0.411 e. The van der Waals surface area contributed by atoms with Gasteiger partial charge in [0, 0.05) is 19.5 Å². The first-order valence-electron chi connectivity index (χ1n) is 4.69. The van der Waals surface area contributed by atoms with Gasteiger partial charge in [0.05, 0.1) is 6.61 Å². The maximum atomic E-state index is 11.6. The van der Waals surface area contributed by atoms with Gasteiger partial charge in [0.15, 0.2) is 6.33 Å². The summed E-state index contributed by atoms with van der Waals surface area (Å²) in [6, 6.07) is 0. The first kappa shape index (κ1) is 12.9. The smallest absolute Gasteiger partial charge is 0.371 e. The molecule has 92 valence electrons. The molecule has 0 atom stereocenters. The number of ether oxygens (including phenoxy) is 1. The highest BCUT2D eigenvalue weighted by atomic mass is 19.4. The largest absolute Gasteiger partial charge is 0.411 e. The molecule has 1 heterocycles. The molecule has 0 bridgehead atoms. The summed E-state index contributed by atoms with van der Waals surface area (Å²) >= 11 is 0. The first-order valence-corrected chi connectivity index (χ1v) is 4.69. The number of hydrogen-bond donors (Lipinski definition) is 1. The molecule has 0 spiro atoms. The molecule has 1 rings (SSSR count). The van der Waals surface area contributed by atoms with Gasteiger partial charge >= 0.3 is 6.18 Å². The van der Waals surface area contributed by atoms with Crippen LogP contribution in [0, 0.1) is 0 Å². The number of nitrogens with one attached hydrogen (secondary N) is 1. The second-order valence-electron chi connectivity index (χ2n) is 3.00. The highest BCUT2D eigenvalue weighted by Crippen LogP contribution is 2.13. The molecule has 1 N–H and O–H groups in total. The number of nitrogens with zero attached hydrogens (tertiary/aromatic N) is 2. The summed E-state index contributed by atoms with van der Waals surface area (Å²) < 4.78 is 44.1. The van der Waals surface area contributed by atoms with Crippen molar-refractivity contribution in [2.45, 2.75) is 12.6 Å². The third-order valence-electron chi connectivity index (χ3n) is 1.61. The van der Waals surface area contributed by atoms with Crippen LogP contribution in [-0.2, 0) is 11.2 Å². The Morgan fingerprint density at radius 1 is 1.38 bits per heavy atom. The predicted molar refractivity (Wildman–Crippen MR) is 47.7 cm³/mol. The molecule has 8 heteroatoms.